The lowest BCUT2D eigenvalue weighted by molar-refractivity contribution is -0.141. The van der Waals surface area contributed by atoms with Gasteiger partial charge < -0.3 is 10.4 Å². The first-order chi connectivity index (χ1) is 7.84. The number of aliphatic carboxylic acids is 1. The maximum atomic E-state index is 11.4. The second kappa shape index (κ2) is 5.48. The predicted molar refractivity (Wildman–Crippen MR) is 61.2 cm³/mol. The van der Waals surface area contributed by atoms with E-state index in [9.17, 15) is 18.0 Å². The highest BCUT2D eigenvalue weighted by Gasteiger charge is 2.31. The molecule has 2 atom stereocenters. The Bertz CT molecular complexity index is 403. The van der Waals surface area contributed by atoms with Crippen LogP contribution in [0.5, 0.6) is 0 Å². The summed E-state index contributed by atoms with van der Waals surface area (Å²) in [4.78, 5) is 22.1. The van der Waals surface area contributed by atoms with Crippen molar-refractivity contribution in [3.05, 3.63) is 0 Å². The van der Waals surface area contributed by atoms with Crippen molar-refractivity contribution in [2.45, 2.75) is 32.2 Å². The van der Waals surface area contributed by atoms with E-state index in [1.165, 1.54) is 6.92 Å². The molecule has 0 aromatic rings. The third-order valence-electron chi connectivity index (χ3n) is 2.94. The number of carbonyl (C=O) groups is 2. The molecule has 0 aliphatic heterocycles. The van der Waals surface area contributed by atoms with E-state index in [0.717, 1.165) is 0 Å². The Morgan fingerprint density at radius 1 is 1.35 bits per heavy atom. The molecule has 0 spiro atoms. The van der Waals surface area contributed by atoms with Crippen LogP contribution in [0.1, 0.15) is 26.2 Å². The smallest absolute Gasteiger partial charge is 0.306 e. The van der Waals surface area contributed by atoms with E-state index in [2.05, 4.69) is 5.32 Å². The van der Waals surface area contributed by atoms with Crippen LogP contribution in [-0.2, 0) is 19.4 Å². The molecule has 1 amide bonds. The average Bonchev–Trinajstić information content (AvgIpc) is 2.65. The van der Waals surface area contributed by atoms with Gasteiger partial charge in [-0.1, -0.05) is 6.92 Å². The molecule has 2 N–H and O–H groups in total. The zero-order valence-corrected chi connectivity index (χ0v) is 10.5. The molecule has 98 valence electrons. The summed E-state index contributed by atoms with van der Waals surface area (Å²) in [5.74, 6) is -2.41. The highest BCUT2D eigenvalue weighted by molar-refractivity contribution is 7.92. The van der Waals surface area contributed by atoms with Gasteiger partial charge >= 0.3 is 5.97 Å². The fourth-order valence-corrected chi connectivity index (χ4v) is 2.59. The summed E-state index contributed by atoms with van der Waals surface area (Å²) in [5, 5.41) is 11.4. The molecule has 0 aromatic heterocycles. The first-order valence-electron chi connectivity index (χ1n) is 5.56. The molecule has 1 rings (SSSR count). The predicted octanol–water partition coefficient (Wildman–Crippen LogP) is -0.209. The molecule has 6 nitrogen and oxygen atoms in total. The lowest BCUT2D eigenvalue weighted by atomic mass is 10.1. The molecule has 7 heteroatoms. The topological polar surface area (TPSA) is 101 Å². The minimum atomic E-state index is -3.32. The Balaban J connectivity index is 2.41. The first-order valence-corrected chi connectivity index (χ1v) is 7.38. The molecular formula is C10H17NO5S. The minimum absolute atomic E-state index is 0.0666. The van der Waals surface area contributed by atoms with Gasteiger partial charge in [-0.15, -0.1) is 0 Å². The van der Waals surface area contributed by atoms with Gasteiger partial charge in [-0.2, -0.15) is 0 Å². The SMILES string of the molecule is CCS(=O)(=O)CC(=O)N[C@H]1CC[C@@H](C(=O)O)C1. The molecule has 0 unspecified atom stereocenters. The van der Waals surface area contributed by atoms with Gasteiger partial charge in [-0.3, -0.25) is 9.59 Å². The summed E-state index contributed by atoms with van der Waals surface area (Å²) in [6.45, 7) is 1.48. The molecule has 1 aliphatic rings. The van der Waals surface area contributed by atoms with E-state index in [0.29, 0.717) is 19.3 Å². The minimum Gasteiger partial charge on any atom is -0.481 e. The Hall–Kier alpha value is -1.11. The number of carboxylic acids is 1. The molecular weight excluding hydrogens is 246 g/mol. The van der Waals surface area contributed by atoms with E-state index in [4.69, 9.17) is 5.11 Å². The van der Waals surface area contributed by atoms with Crippen LogP contribution in [0.25, 0.3) is 0 Å². The van der Waals surface area contributed by atoms with Crippen molar-refractivity contribution in [1.82, 2.24) is 5.32 Å². The summed E-state index contributed by atoms with van der Waals surface area (Å²) >= 11 is 0. The highest BCUT2D eigenvalue weighted by atomic mass is 32.2. The second-order valence-electron chi connectivity index (χ2n) is 4.29. The Morgan fingerprint density at radius 2 is 2.00 bits per heavy atom. The fraction of sp³-hybridized carbons (Fsp3) is 0.800. The number of amides is 1. The van der Waals surface area contributed by atoms with E-state index in [-0.39, 0.29) is 11.8 Å². The van der Waals surface area contributed by atoms with E-state index in [1.54, 1.807) is 0 Å². The number of sulfone groups is 1. The Morgan fingerprint density at radius 3 is 2.47 bits per heavy atom. The summed E-state index contributed by atoms with van der Waals surface area (Å²) in [7, 11) is -3.32. The third kappa shape index (κ3) is 4.33. The van der Waals surface area contributed by atoms with Crippen LogP contribution in [-0.4, -0.2) is 42.9 Å². The lowest BCUT2D eigenvalue weighted by Gasteiger charge is -2.12. The summed E-state index contributed by atoms with van der Waals surface area (Å²) in [6, 6.07) is -0.212. The number of nitrogens with one attached hydrogen (secondary N) is 1. The van der Waals surface area contributed by atoms with Gasteiger partial charge in [-0.25, -0.2) is 8.42 Å². The van der Waals surface area contributed by atoms with Gasteiger partial charge in [0.15, 0.2) is 9.84 Å². The van der Waals surface area contributed by atoms with Crippen LogP contribution in [0.4, 0.5) is 0 Å². The fourth-order valence-electron chi connectivity index (χ4n) is 1.91. The quantitative estimate of drug-likeness (QED) is 0.715. The van der Waals surface area contributed by atoms with Crippen molar-refractivity contribution in [3.8, 4) is 0 Å². The first kappa shape index (κ1) is 14.0. The molecule has 17 heavy (non-hydrogen) atoms. The molecule has 0 bridgehead atoms. The van der Waals surface area contributed by atoms with Gasteiger partial charge in [0.2, 0.25) is 5.91 Å². The summed E-state index contributed by atoms with van der Waals surface area (Å²) < 4.78 is 22.4. The lowest BCUT2D eigenvalue weighted by Crippen LogP contribution is -2.37. The number of hydrogen-bond donors (Lipinski definition) is 2. The van der Waals surface area contributed by atoms with Gasteiger partial charge in [0.05, 0.1) is 5.92 Å². The Labute approximate surface area is 100 Å². The van der Waals surface area contributed by atoms with Gasteiger partial charge in [0.25, 0.3) is 0 Å². The Kier molecular flexibility index (Phi) is 4.50. The number of hydrogen-bond acceptors (Lipinski definition) is 4. The highest BCUT2D eigenvalue weighted by Crippen LogP contribution is 2.25. The van der Waals surface area contributed by atoms with Crippen LogP contribution in [0.3, 0.4) is 0 Å². The van der Waals surface area contributed by atoms with Crippen LogP contribution in [0, 0.1) is 5.92 Å². The monoisotopic (exact) mass is 263 g/mol. The second-order valence-corrected chi connectivity index (χ2v) is 6.64. The van der Waals surface area contributed by atoms with E-state index in [1.807, 2.05) is 0 Å². The van der Waals surface area contributed by atoms with Crippen molar-refractivity contribution in [2.75, 3.05) is 11.5 Å². The van der Waals surface area contributed by atoms with Crippen LogP contribution < -0.4 is 5.32 Å². The summed E-state index contributed by atoms with van der Waals surface area (Å²) in [6.07, 6.45) is 1.50. The van der Waals surface area contributed by atoms with Crippen molar-refractivity contribution in [3.63, 3.8) is 0 Å². The largest absolute Gasteiger partial charge is 0.481 e. The average molecular weight is 263 g/mol. The van der Waals surface area contributed by atoms with Gasteiger partial charge in [0, 0.05) is 11.8 Å². The summed E-state index contributed by atoms with van der Waals surface area (Å²) in [5.41, 5.74) is 0. The molecule has 0 radical (unpaired) electrons. The van der Waals surface area contributed by atoms with Gasteiger partial charge in [0.1, 0.15) is 5.75 Å². The maximum Gasteiger partial charge on any atom is 0.306 e. The van der Waals surface area contributed by atoms with E-state index >= 15 is 0 Å². The van der Waals surface area contributed by atoms with Crippen LogP contribution in [0.2, 0.25) is 0 Å². The molecule has 0 heterocycles. The third-order valence-corrected chi connectivity index (χ3v) is 4.52. The van der Waals surface area contributed by atoms with Crippen molar-refractivity contribution in [2.24, 2.45) is 5.92 Å². The normalized spacial score (nSPS) is 24.5. The molecule has 0 saturated heterocycles. The number of carboxylic acid groups (broad SMARTS) is 1. The number of carbonyl (C=O) groups excluding carboxylic acids is 1. The molecule has 1 saturated carbocycles. The molecule has 1 fully saturated rings. The maximum absolute atomic E-state index is 11.4. The van der Waals surface area contributed by atoms with Crippen LogP contribution in [0.15, 0.2) is 0 Å². The van der Waals surface area contributed by atoms with Crippen molar-refractivity contribution in [1.29, 1.82) is 0 Å². The van der Waals surface area contributed by atoms with Crippen molar-refractivity contribution >= 4 is 21.7 Å². The molecule has 1 aliphatic carbocycles. The van der Waals surface area contributed by atoms with E-state index < -0.39 is 33.4 Å². The number of rotatable bonds is 5. The van der Waals surface area contributed by atoms with Gasteiger partial charge in [-0.05, 0) is 19.3 Å². The zero-order chi connectivity index (χ0) is 13.1. The zero-order valence-electron chi connectivity index (χ0n) is 9.68. The van der Waals surface area contributed by atoms with Crippen LogP contribution >= 0.6 is 0 Å². The molecule has 0 aromatic carbocycles. The standard InChI is InChI=1S/C10H17NO5S/c1-2-17(15,16)6-9(12)11-8-4-3-7(5-8)10(13)14/h7-8H,2-6H2,1H3,(H,11,12)(H,13,14)/t7-,8+/m1/s1. The van der Waals surface area contributed by atoms with Crippen molar-refractivity contribution < 1.29 is 23.1 Å².